The minimum absolute atomic E-state index is 0.0189. The molecule has 33 heavy (non-hydrogen) atoms. The van der Waals surface area contributed by atoms with Gasteiger partial charge in [0.2, 0.25) is 0 Å². The van der Waals surface area contributed by atoms with Crippen LogP contribution in [0.3, 0.4) is 0 Å². The summed E-state index contributed by atoms with van der Waals surface area (Å²) < 4.78 is 5.96. The van der Waals surface area contributed by atoms with E-state index in [-0.39, 0.29) is 17.2 Å². The molecule has 2 aromatic carbocycles. The molecule has 0 fully saturated rings. The molecule has 6 nitrogen and oxygen atoms in total. The zero-order valence-electron chi connectivity index (χ0n) is 18.5. The van der Waals surface area contributed by atoms with Crippen molar-refractivity contribution in [2.45, 2.75) is 45.4 Å². The van der Waals surface area contributed by atoms with Crippen LogP contribution < -0.4 is 9.61 Å². The molecule has 0 radical (unpaired) electrons. The maximum atomic E-state index is 11.6. The molecule has 0 bridgehead atoms. The number of carboxylic acid groups (broad SMARTS) is 1. The first-order chi connectivity index (χ1) is 16.0. The third-order valence-corrected chi connectivity index (χ3v) is 6.54. The fourth-order valence-corrected chi connectivity index (χ4v) is 4.97. The topological polar surface area (TPSA) is 82.6 Å². The number of benzene rings is 2. The number of carboxylic acids is 1. The van der Waals surface area contributed by atoms with Crippen molar-refractivity contribution in [3.8, 4) is 17.6 Å². The number of aromatic nitrogens is 1. The second-order valence-corrected chi connectivity index (χ2v) is 9.17. The molecule has 170 valence electrons. The molecular formula is C26H26N2O4S. The Bertz CT molecular complexity index is 1230. The summed E-state index contributed by atoms with van der Waals surface area (Å²) in [5, 5.41) is 9.10. The first-order valence-electron chi connectivity index (χ1n) is 10.9. The second-order valence-electron chi connectivity index (χ2n) is 8.10. The van der Waals surface area contributed by atoms with Crippen molar-refractivity contribution < 1.29 is 14.6 Å². The monoisotopic (exact) mass is 462 g/mol. The first-order valence-corrected chi connectivity index (χ1v) is 11.7. The maximum absolute atomic E-state index is 11.6. The molecule has 0 saturated heterocycles. The summed E-state index contributed by atoms with van der Waals surface area (Å²) in [6, 6.07) is 15.8. The van der Waals surface area contributed by atoms with Crippen LogP contribution in [0.4, 0.5) is 0 Å². The van der Waals surface area contributed by atoms with Crippen molar-refractivity contribution >= 4 is 17.3 Å². The summed E-state index contributed by atoms with van der Waals surface area (Å²) in [6.45, 7) is 4.72. The molecule has 7 heteroatoms. The summed E-state index contributed by atoms with van der Waals surface area (Å²) in [5.74, 6) is 5.32. The number of fused-ring (bicyclic) bond motifs is 1. The first kappa shape index (κ1) is 22.8. The summed E-state index contributed by atoms with van der Waals surface area (Å²) in [4.78, 5) is 29.1. The predicted molar refractivity (Wildman–Crippen MR) is 128 cm³/mol. The maximum Gasteiger partial charge on any atom is 0.304 e. The number of hydrogen-bond donors (Lipinski definition) is 2. The number of nitrogens with zero attached hydrogens (tertiary/aromatic N) is 1. The zero-order chi connectivity index (χ0) is 23.2. The van der Waals surface area contributed by atoms with Crippen LogP contribution in [0.5, 0.6) is 5.75 Å². The Morgan fingerprint density at radius 1 is 1.24 bits per heavy atom. The summed E-state index contributed by atoms with van der Waals surface area (Å²) in [5.41, 5.74) is 4.26. The van der Waals surface area contributed by atoms with Gasteiger partial charge < -0.3 is 14.8 Å². The molecule has 0 aliphatic carbocycles. The quantitative estimate of drug-likeness (QED) is 0.492. The SMILES string of the molecule is CC#CC(CC(=O)O)c1ccc(OCc2cccc(CN3CCc4[nH]c(=O)sc4C3)c2)cc1. The molecule has 1 aliphatic heterocycles. The van der Waals surface area contributed by atoms with Crippen molar-refractivity contribution in [2.75, 3.05) is 6.54 Å². The zero-order valence-corrected chi connectivity index (χ0v) is 19.3. The molecule has 1 aliphatic rings. The van der Waals surface area contributed by atoms with E-state index in [9.17, 15) is 9.59 Å². The fourth-order valence-electron chi connectivity index (χ4n) is 4.05. The van der Waals surface area contributed by atoms with Crippen molar-refractivity contribution in [1.29, 1.82) is 0 Å². The molecule has 1 aromatic heterocycles. The fraction of sp³-hybridized carbons (Fsp3) is 0.308. The number of H-pyrrole nitrogens is 1. The minimum atomic E-state index is -0.864. The highest BCUT2D eigenvalue weighted by atomic mass is 32.1. The van der Waals surface area contributed by atoms with Crippen LogP contribution >= 0.6 is 11.3 Å². The lowest BCUT2D eigenvalue weighted by Gasteiger charge is -2.26. The number of aliphatic carboxylic acids is 1. The van der Waals surface area contributed by atoms with E-state index < -0.39 is 5.97 Å². The highest BCUT2D eigenvalue weighted by Crippen LogP contribution is 2.24. The molecule has 0 amide bonds. The molecule has 0 saturated carbocycles. The average Bonchev–Trinajstić information content (AvgIpc) is 3.17. The lowest BCUT2D eigenvalue weighted by atomic mass is 9.96. The van der Waals surface area contributed by atoms with Gasteiger partial charge in [0.25, 0.3) is 0 Å². The Morgan fingerprint density at radius 3 is 2.79 bits per heavy atom. The van der Waals surface area contributed by atoms with Crippen LogP contribution in [0.2, 0.25) is 0 Å². The molecule has 3 aromatic rings. The van der Waals surface area contributed by atoms with Gasteiger partial charge in [-0.2, -0.15) is 0 Å². The molecular weight excluding hydrogens is 436 g/mol. The highest BCUT2D eigenvalue weighted by Gasteiger charge is 2.19. The highest BCUT2D eigenvalue weighted by molar-refractivity contribution is 7.09. The van der Waals surface area contributed by atoms with E-state index in [1.54, 1.807) is 6.92 Å². The van der Waals surface area contributed by atoms with Crippen LogP contribution in [0.25, 0.3) is 0 Å². The van der Waals surface area contributed by atoms with Gasteiger partial charge in [0.05, 0.1) is 12.3 Å². The van der Waals surface area contributed by atoms with Gasteiger partial charge in [-0.1, -0.05) is 53.7 Å². The molecule has 0 spiro atoms. The number of carbonyl (C=O) groups is 1. The van der Waals surface area contributed by atoms with Crippen molar-refractivity contribution in [3.05, 3.63) is 85.5 Å². The van der Waals surface area contributed by atoms with E-state index in [1.807, 2.05) is 36.4 Å². The largest absolute Gasteiger partial charge is 0.489 e. The molecule has 1 atom stereocenters. The third-order valence-electron chi connectivity index (χ3n) is 5.63. The third kappa shape index (κ3) is 6.13. The van der Waals surface area contributed by atoms with Gasteiger partial charge in [-0.05, 0) is 35.7 Å². The Labute approximate surface area is 196 Å². The Hall–Kier alpha value is -3.34. The summed E-state index contributed by atoms with van der Waals surface area (Å²) in [7, 11) is 0. The Kier molecular flexibility index (Phi) is 7.28. The Balaban J connectivity index is 1.34. The smallest absolute Gasteiger partial charge is 0.304 e. The van der Waals surface area contributed by atoms with E-state index in [4.69, 9.17) is 9.84 Å². The van der Waals surface area contributed by atoms with Gasteiger partial charge in [-0.15, -0.1) is 5.92 Å². The molecule has 2 heterocycles. The van der Waals surface area contributed by atoms with Crippen LogP contribution in [-0.4, -0.2) is 27.5 Å². The Morgan fingerprint density at radius 2 is 2.03 bits per heavy atom. The number of rotatable bonds is 8. The normalized spacial score (nSPS) is 14.1. The van der Waals surface area contributed by atoms with Crippen molar-refractivity contribution in [2.24, 2.45) is 0 Å². The number of aromatic amines is 1. The van der Waals surface area contributed by atoms with Crippen molar-refractivity contribution in [3.63, 3.8) is 0 Å². The summed E-state index contributed by atoms with van der Waals surface area (Å²) >= 11 is 1.31. The number of nitrogens with one attached hydrogen (secondary N) is 1. The van der Waals surface area contributed by atoms with Gasteiger partial charge in [-0.25, -0.2) is 0 Å². The second kappa shape index (κ2) is 10.5. The van der Waals surface area contributed by atoms with Crippen LogP contribution in [-0.2, 0) is 30.9 Å². The van der Waals surface area contributed by atoms with Gasteiger partial charge in [0, 0.05) is 36.6 Å². The lowest BCUT2D eigenvalue weighted by Crippen LogP contribution is -2.29. The molecule has 4 rings (SSSR count). The standard InChI is InChI=1S/C26H26N2O4S/c1-2-4-21(14-25(29)30)20-7-9-22(10-8-20)32-17-19-6-3-5-18(13-19)15-28-12-11-23-24(16-28)33-26(31)27-23/h3,5-10,13,21H,11-12,14-17H2,1H3,(H,27,31)(H,29,30). The average molecular weight is 463 g/mol. The van der Waals surface area contributed by atoms with Crippen LogP contribution in [0, 0.1) is 11.8 Å². The summed E-state index contributed by atoms with van der Waals surface area (Å²) in [6.07, 6.45) is 0.860. The predicted octanol–water partition coefficient (Wildman–Crippen LogP) is 4.16. The lowest BCUT2D eigenvalue weighted by molar-refractivity contribution is -0.137. The van der Waals surface area contributed by atoms with Crippen molar-refractivity contribution in [1.82, 2.24) is 9.88 Å². The van der Waals surface area contributed by atoms with E-state index in [0.29, 0.717) is 6.61 Å². The molecule has 2 N–H and O–H groups in total. The number of hydrogen-bond acceptors (Lipinski definition) is 5. The number of thiazole rings is 1. The van der Waals surface area contributed by atoms with Crippen LogP contribution in [0.1, 0.15) is 46.5 Å². The minimum Gasteiger partial charge on any atom is -0.489 e. The van der Waals surface area contributed by atoms with Gasteiger partial charge in [0.1, 0.15) is 12.4 Å². The van der Waals surface area contributed by atoms with E-state index in [2.05, 4.69) is 33.9 Å². The van der Waals surface area contributed by atoms with E-state index in [1.165, 1.54) is 16.9 Å². The van der Waals surface area contributed by atoms with Gasteiger partial charge >= 0.3 is 10.8 Å². The number of ether oxygens (including phenoxy) is 1. The van der Waals surface area contributed by atoms with Crippen LogP contribution in [0.15, 0.2) is 53.3 Å². The van der Waals surface area contributed by atoms with Gasteiger partial charge in [-0.3, -0.25) is 14.5 Å². The van der Waals surface area contributed by atoms with E-state index in [0.717, 1.165) is 53.5 Å². The van der Waals surface area contributed by atoms with E-state index >= 15 is 0 Å². The molecule has 1 unspecified atom stereocenters. The van der Waals surface area contributed by atoms with Gasteiger partial charge in [0.15, 0.2) is 0 Å².